The molecule has 1 saturated carbocycles. The zero-order chi connectivity index (χ0) is 22.7. The fourth-order valence-electron chi connectivity index (χ4n) is 4.99. The van der Waals surface area contributed by atoms with Crippen LogP contribution in [-0.4, -0.2) is 47.3 Å². The van der Waals surface area contributed by atoms with Crippen LogP contribution in [-0.2, 0) is 27.8 Å². The highest BCUT2D eigenvalue weighted by Crippen LogP contribution is 2.26. The van der Waals surface area contributed by atoms with Crippen molar-refractivity contribution in [3.05, 3.63) is 24.0 Å². The largest absolute Gasteiger partial charge is 0.353 e. The van der Waals surface area contributed by atoms with Gasteiger partial charge < -0.3 is 9.88 Å². The molecule has 1 aromatic carbocycles. The zero-order valence-corrected chi connectivity index (χ0v) is 20.2. The summed E-state index contributed by atoms with van der Waals surface area (Å²) in [4.78, 5) is 17.6. The van der Waals surface area contributed by atoms with E-state index in [1.165, 1.54) is 12.8 Å². The lowest BCUT2D eigenvalue weighted by molar-refractivity contribution is -0.122. The Hall–Kier alpha value is -1.93. The van der Waals surface area contributed by atoms with E-state index in [1.807, 2.05) is 6.07 Å². The second-order valence-corrected chi connectivity index (χ2v) is 11.4. The van der Waals surface area contributed by atoms with E-state index in [9.17, 15) is 13.2 Å². The summed E-state index contributed by atoms with van der Waals surface area (Å²) < 4.78 is 29.6. The summed E-state index contributed by atoms with van der Waals surface area (Å²) in [7, 11) is -3.47. The van der Waals surface area contributed by atoms with Gasteiger partial charge in [0, 0.05) is 38.5 Å². The number of aryl methyl sites for hydroxylation is 2. The second kappa shape index (κ2) is 9.91. The van der Waals surface area contributed by atoms with Gasteiger partial charge in [-0.3, -0.25) is 4.79 Å². The Labute approximate surface area is 191 Å². The van der Waals surface area contributed by atoms with Gasteiger partial charge >= 0.3 is 0 Å². The van der Waals surface area contributed by atoms with Crippen LogP contribution in [0.3, 0.4) is 0 Å². The van der Waals surface area contributed by atoms with Crippen LogP contribution < -0.4 is 5.32 Å². The first-order valence-electron chi connectivity index (χ1n) is 12.2. The lowest BCUT2D eigenvalue weighted by Crippen LogP contribution is -2.37. The van der Waals surface area contributed by atoms with Gasteiger partial charge in [0.1, 0.15) is 5.82 Å². The Kier molecular flexibility index (Phi) is 7.20. The predicted octanol–water partition coefficient (Wildman–Crippen LogP) is 3.86. The van der Waals surface area contributed by atoms with Crippen LogP contribution in [0.25, 0.3) is 11.0 Å². The fraction of sp³-hybridized carbons (Fsp3) is 0.667. The van der Waals surface area contributed by atoms with E-state index in [-0.39, 0.29) is 5.91 Å². The van der Waals surface area contributed by atoms with E-state index >= 15 is 0 Å². The molecule has 1 aliphatic heterocycles. The molecule has 176 valence electrons. The summed E-state index contributed by atoms with van der Waals surface area (Å²) in [6.07, 6.45) is 8.22. The number of sulfonamides is 1. The van der Waals surface area contributed by atoms with Crippen LogP contribution >= 0.6 is 0 Å². The molecule has 8 heteroatoms. The Morgan fingerprint density at radius 3 is 2.56 bits per heavy atom. The summed E-state index contributed by atoms with van der Waals surface area (Å²) in [5, 5.41) is 3.19. The van der Waals surface area contributed by atoms with E-state index in [0.29, 0.717) is 42.4 Å². The molecule has 1 saturated heterocycles. The summed E-state index contributed by atoms with van der Waals surface area (Å²) in [5.74, 6) is 1.69. The summed E-state index contributed by atoms with van der Waals surface area (Å²) in [5.41, 5.74) is 1.62. The first kappa shape index (κ1) is 23.2. The van der Waals surface area contributed by atoms with Gasteiger partial charge in [0.15, 0.2) is 0 Å². The number of hydrogen-bond donors (Lipinski definition) is 1. The van der Waals surface area contributed by atoms with Crippen molar-refractivity contribution in [2.45, 2.75) is 89.1 Å². The van der Waals surface area contributed by atoms with E-state index in [4.69, 9.17) is 4.98 Å². The SMILES string of the molecule is CCCn1c(CCC(=O)NC2CCC(C)CC2)nc2cc(S(=O)(=O)N3CCCC3)ccc21. The number of carbonyl (C=O) groups excluding carboxylic acids is 1. The predicted molar refractivity (Wildman–Crippen MR) is 126 cm³/mol. The number of nitrogens with one attached hydrogen (secondary N) is 1. The highest BCUT2D eigenvalue weighted by Gasteiger charge is 2.28. The smallest absolute Gasteiger partial charge is 0.243 e. The average Bonchev–Trinajstić information content (AvgIpc) is 3.43. The van der Waals surface area contributed by atoms with E-state index in [2.05, 4.69) is 23.7 Å². The Morgan fingerprint density at radius 2 is 1.88 bits per heavy atom. The van der Waals surface area contributed by atoms with Gasteiger partial charge in [-0.05, 0) is 69.1 Å². The first-order valence-corrected chi connectivity index (χ1v) is 13.6. The molecule has 32 heavy (non-hydrogen) atoms. The summed E-state index contributed by atoms with van der Waals surface area (Å²) in [6, 6.07) is 5.56. The number of rotatable bonds is 8. The van der Waals surface area contributed by atoms with Crippen molar-refractivity contribution < 1.29 is 13.2 Å². The van der Waals surface area contributed by atoms with Gasteiger partial charge in [-0.25, -0.2) is 13.4 Å². The van der Waals surface area contributed by atoms with Crippen molar-refractivity contribution in [3.63, 3.8) is 0 Å². The maximum atomic E-state index is 13.0. The lowest BCUT2D eigenvalue weighted by Gasteiger charge is -2.26. The van der Waals surface area contributed by atoms with Crippen LogP contribution in [0.5, 0.6) is 0 Å². The van der Waals surface area contributed by atoms with Crippen LogP contribution in [0.15, 0.2) is 23.1 Å². The molecule has 2 aromatic rings. The average molecular weight is 461 g/mol. The number of aromatic nitrogens is 2. The first-order chi connectivity index (χ1) is 15.4. The van der Waals surface area contributed by atoms with Gasteiger partial charge in [-0.1, -0.05) is 13.8 Å². The van der Waals surface area contributed by atoms with E-state index in [0.717, 1.165) is 55.9 Å². The van der Waals surface area contributed by atoms with Crippen molar-refractivity contribution in [2.75, 3.05) is 13.1 Å². The maximum Gasteiger partial charge on any atom is 0.243 e. The van der Waals surface area contributed by atoms with Crippen LogP contribution in [0.1, 0.15) is 71.0 Å². The van der Waals surface area contributed by atoms with Gasteiger partial charge in [0.05, 0.1) is 15.9 Å². The minimum atomic E-state index is -3.47. The molecule has 0 spiro atoms. The van der Waals surface area contributed by atoms with Gasteiger partial charge in [0.2, 0.25) is 15.9 Å². The third-order valence-electron chi connectivity index (χ3n) is 6.91. The Morgan fingerprint density at radius 1 is 1.16 bits per heavy atom. The van der Waals surface area contributed by atoms with Crippen molar-refractivity contribution in [1.82, 2.24) is 19.2 Å². The van der Waals surface area contributed by atoms with Gasteiger partial charge in [-0.15, -0.1) is 0 Å². The monoisotopic (exact) mass is 460 g/mol. The number of carbonyl (C=O) groups is 1. The Balaban J connectivity index is 1.49. The number of imidazole rings is 1. The minimum absolute atomic E-state index is 0.0805. The fourth-order valence-corrected chi connectivity index (χ4v) is 6.53. The summed E-state index contributed by atoms with van der Waals surface area (Å²) in [6.45, 7) is 6.36. The van der Waals surface area contributed by atoms with Crippen LogP contribution in [0, 0.1) is 5.92 Å². The topological polar surface area (TPSA) is 84.3 Å². The number of fused-ring (bicyclic) bond motifs is 1. The van der Waals surface area contributed by atoms with Crippen molar-refractivity contribution in [2.24, 2.45) is 5.92 Å². The van der Waals surface area contributed by atoms with E-state index in [1.54, 1.807) is 16.4 Å². The molecular formula is C24H36N4O3S. The van der Waals surface area contributed by atoms with Gasteiger partial charge in [0.25, 0.3) is 0 Å². The van der Waals surface area contributed by atoms with Crippen LogP contribution in [0.4, 0.5) is 0 Å². The molecule has 1 aliphatic carbocycles. The number of nitrogens with zero attached hydrogens (tertiary/aromatic N) is 3. The number of amides is 1. The molecule has 2 heterocycles. The molecule has 1 N–H and O–H groups in total. The van der Waals surface area contributed by atoms with Crippen molar-refractivity contribution in [1.29, 1.82) is 0 Å². The molecule has 0 radical (unpaired) electrons. The third kappa shape index (κ3) is 5.01. The highest BCUT2D eigenvalue weighted by molar-refractivity contribution is 7.89. The molecule has 4 rings (SSSR count). The molecule has 7 nitrogen and oxygen atoms in total. The molecule has 0 atom stereocenters. The van der Waals surface area contributed by atoms with Crippen LogP contribution in [0.2, 0.25) is 0 Å². The number of hydrogen-bond acceptors (Lipinski definition) is 4. The molecule has 0 bridgehead atoms. The maximum absolute atomic E-state index is 13.0. The number of benzene rings is 1. The molecule has 2 fully saturated rings. The second-order valence-electron chi connectivity index (χ2n) is 9.47. The normalized spacial score (nSPS) is 22.4. The molecular weight excluding hydrogens is 424 g/mol. The van der Waals surface area contributed by atoms with Gasteiger partial charge in [-0.2, -0.15) is 4.31 Å². The third-order valence-corrected chi connectivity index (χ3v) is 8.80. The van der Waals surface area contributed by atoms with E-state index < -0.39 is 10.0 Å². The standard InChI is InChI=1S/C24H36N4O3S/c1-3-14-28-22-11-10-20(32(30,31)27-15-4-5-16-27)17-21(22)26-23(28)12-13-24(29)25-19-8-6-18(2)7-9-19/h10-11,17-19H,3-9,12-16H2,1-2H3,(H,25,29). The quantitative estimate of drug-likeness (QED) is 0.648. The van der Waals surface area contributed by atoms with Crippen molar-refractivity contribution >= 4 is 27.0 Å². The minimum Gasteiger partial charge on any atom is -0.353 e. The molecule has 1 amide bonds. The lowest BCUT2D eigenvalue weighted by atomic mass is 9.87. The molecule has 0 unspecified atom stereocenters. The zero-order valence-electron chi connectivity index (χ0n) is 19.3. The van der Waals surface area contributed by atoms with Crippen molar-refractivity contribution in [3.8, 4) is 0 Å². The molecule has 1 aromatic heterocycles. The summed E-state index contributed by atoms with van der Waals surface area (Å²) >= 11 is 0. The Bertz CT molecular complexity index is 1050. The molecule has 2 aliphatic rings. The highest BCUT2D eigenvalue weighted by atomic mass is 32.2.